The van der Waals surface area contributed by atoms with Gasteiger partial charge in [-0.2, -0.15) is 0 Å². The number of benzene rings is 1. The van der Waals surface area contributed by atoms with Crippen molar-refractivity contribution < 1.29 is 14.7 Å². The summed E-state index contributed by atoms with van der Waals surface area (Å²) in [7, 11) is 0. The van der Waals surface area contributed by atoms with Crippen LogP contribution >= 0.6 is 0 Å². The predicted octanol–water partition coefficient (Wildman–Crippen LogP) is 3.20. The molecule has 114 valence electrons. The fourth-order valence-electron chi connectivity index (χ4n) is 2.88. The maximum absolute atomic E-state index is 12.5. The minimum absolute atomic E-state index is 0.0414. The summed E-state index contributed by atoms with van der Waals surface area (Å²) in [5.41, 5.74) is 2.65. The molecule has 1 heterocycles. The van der Waals surface area contributed by atoms with Crippen LogP contribution in [0.4, 0.5) is 0 Å². The lowest BCUT2D eigenvalue weighted by molar-refractivity contribution is -0.137. The van der Waals surface area contributed by atoms with Crippen molar-refractivity contribution >= 4 is 11.9 Å². The molecule has 1 amide bonds. The van der Waals surface area contributed by atoms with E-state index < -0.39 is 5.97 Å². The second kappa shape index (κ2) is 6.74. The summed E-state index contributed by atoms with van der Waals surface area (Å²) in [5, 5.41) is 8.87. The first-order valence-corrected chi connectivity index (χ1v) is 7.60. The van der Waals surface area contributed by atoms with Crippen molar-refractivity contribution in [3.05, 3.63) is 34.9 Å². The van der Waals surface area contributed by atoms with Gasteiger partial charge in [-0.1, -0.05) is 19.1 Å². The summed E-state index contributed by atoms with van der Waals surface area (Å²) in [6.07, 6.45) is 3.48. The first-order chi connectivity index (χ1) is 9.99. The minimum atomic E-state index is -0.798. The normalized spacial score (nSPS) is 16.6. The molecule has 0 bridgehead atoms. The van der Waals surface area contributed by atoms with Gasteiger partial charge >= 0.3 is 5.97 Å². The Kier molecular flexibility index (Phi) is 4.99. The lowest BCUT2D eigenvalue weighted by Crippen LogP contribution is -2.35. The van der Waals surface area contributed by atoms with Crippen molar-refractivity contribution in [3.8, 4) is 0 Å². The van der Waals surface area contributed by atoms with E-state index in [1.807, 2.05) is 36.9 Å². The summed E-state index contributed by atoms with van der Waals surface area (Å²) in [6.45, 7) is 5.51. The Morgan fingerprint density at radius 3 is 2.48 bits per heavy atom. The topological polar surface area (TPSA) is 57.6 Å². The van der Waals surface area contributed by atoms with Gasteiger partial charge in [0, 0.05) is 18.7 Å². The molecule has 4 heteroatoms. The van der Waals surface area contributed by atoms with Crippen LogP contribution in [0.1, 0.15) is 60.0 Å². The number of likely N-dealkylation sites (tertiary alicyclic amines) is 1. The van der Waals surface area contributed by atoms with Crippen LogP contribution in [0.5, 0.6) is 0 Å². The highest BCUT2D eigenvalue weighted by Gasteiger charge is 2.20. The van der Waals surface area contributed by atoms with Gasteiger partial charge in [0.2, 0.25) is 0 Å². The van der Waals surface area contributed by atoms with E-state index >= 15 is 0 Å². The molecular weight excluding hydrogens is 266 g/mol. The monoisotopic (exact) mass is 289 g/mol. The SMILES string of the molecule is Cc1cc(C(C)CC(=O)O)ccc1C(=O)N1CCCCC1. The molecule has 21 heavy (non-hydrogen) atoms. The second-order valence-corrected chi connectivity index (χ2v) is 5.93. The molecule has 1 aliphatic heterocycles. The smallest absolute Gasteiger partial charge is 0.303 e. The fraction of sp³-hybridized carbons (Fsp3) is 0.529. The molecule has 0 spiro atoms. The third-order valence-corrected chi connectivity index (χ3v) is 4.17. The van der Waals surface area contributed by atoms with Gasteiger partial charge < -0.3 is 10.0 Å². The van der Waals surface area contributed by atoms with Crippen LogP contribution in [0, 0.1) is 6.92 Å². The van der Waals surface area contributed by atoms with Crippen LogP contribution in [0.3, 0.4) is 0 Å². The molecule has 1 aliphatic rings. The number of aryl methyl sites for hydroxylation is 1. The molecule has 1 fully saturated rings. The maximum atomic E-state index is 12.5. The van der Waals surface area contributed by atoms with Crippen LogP contribution in [-0.4, -0.2) is 35.0 Å². The van der Waals surface area contributed by atoms with Gasteiger partial charge in [0.15, 0.2) is 0 Å². The average Bonchev–Trinajstić information content (AvgIpc) is 2.46. The number of hydrogen-bond acceptors (Lipinski definition) is 2. The quantitative estimate of drug-likeness (QED) is 0.926. The van der Waals surface area contributed by atoms with Crippen molar-refractivity contribution in [2.45, 2.75) is 45.4 Å². The van der Waals surface area contributed by atoms with Crippen molar-refractivity contribution in [2.24, 2.45) is 0 Å². The van der Waals surface area contributed by atoms with E-state index in [-0.39, 0.29) is 18.2 Å². The standard InChI is InChI=1S/C17H23NO3/c1-12(11-16(19)20)14-6-7-15(13(2)10-14)17(21)18-8-4-3-5-9-18/h6-7,10,12H,3-5,8-9,11H2,1-2H3,(H,19,20). The van der Waals surface area contributed by atoms with Crippen LogP contribution in [0.2, 0.25) is 0 Å². The summed E-state index contributed by atoms with van der Waals surface area (Å²) in [6, 6.07) is 5.68. The van der Waals surface area contributed by atoms with Crippen LogP contribution < -0.4 is 0 Å². The highest BCUT2D eigenvalue weighted by Crippen LogP contribution is 2.23. The Balaban J connectivity index is 2.14. The number of carbonyl (C=O) groups is 2. The van der Waals surface area contributed by atoms with E-state index in [9.17, 15) is 9.59 Å². The highest BCUT2D eigenvalue weighted by molar-refractivity contribution is 5.95. The van der Waals surface area contributed by atoms with Crippen molar-refractivity contribution in [1.29, 1.82) is 0 Å². The number of aliphatic carboxylic acids is 1. The van der Waals surface area contributed by atoms with Crippen molar-refractivity contribution in [2.75, 3.05) is 13.1 Å². The van der Waals surface area contributed by atoms with Gasteiger partial charge in [-0.3, -0.25) is 9.59 Å². The van der Waals surface area contributed by atoms with Crippen LogP contribution in [-0.2, 0) is 4.79 Å². The molecule has 2 rings (SSSR count). The summed E-state index contributed by atoms with van der Waals surface area (Å²) in [5.74, 6) is -0.737. The molecule has 0 aromatic heterocycles. The van der Waals surface area contributed by atoms with Gasteiger partial charge in [0.1, 0.15) is 0 Å². The van der Waals surface area contributed by atoms with Crippen LogP contribution in [0.15, 0.2) is 18.2 Å². The molecule has 1 unspecified atom stereocenters. The number of hydrogen-bond donors (Lipinski definition) is 1. The van der Waals surface area contributed by atoms with Gasteiger partial charge in [-0.25, -0.2) is 0 Å². The second-order valence-electron chi connectivity index (χ2n) is 5.93. The van der Waals surface area contributed by atoms with Crippen molar-refractivity contribution in [3.63, 3.8) is 0 Å². The van der Waals surface area contributed by atoms with Gasteiger partial charge in [0.25, 0.3) is 5.91 Å². The van der Waals surface area contributed by atoms with Crippen molar-refractivity contribution in [1.82, 2.24) is 4.90 Å². The zero-order chi connectivity index (χ0) is 15.4. The molecule has 4 nitrogen and oxygen atoms in total. The molecule has 1 saturated heterocycles. The van der Waals surface area contributed by atoms with E-state index in [0.717, 1.165) is 42.6 Å². The zero-order valence-corrected chi connectivity index (χ0v) is 12.8. The van der Waals surface area contributed by atoms with E-state index in [1.165, 1.54) is 6.42 Å². The first kappa shape index (κ1) is 15.5. The summed E-state index contributed by atoms with van der Waals surface area (Å²) in [4.78, 5) is 25.2. The third kappa shape index (κ3) is 3.84. The van der Waals surface area contributed by atoms with Crippen LogP contribution in [0.25, 0.3) is 0 Å². The Hall–Kier alpha value is -1.84. The number of rotatable bonds is 4. The number of carbonyl (C=O) groups excluding carboxylic acids is 1. The molecular formula is C17H23NO3. The van der Waals surface area contributed by atoms with E-state index in [2.05, 4.69) is 0 Å². The Morgan fingerprint density at radius 2 is 1.90 bits per heavy atom. The Morgan fingerprint density at radius 1 is 1.24 bits per heavy atom. The largest absolute Gasteiger partial charge is 0.481 e. The number of piperidine rings is 1. The molecule has 1 aromatic rings. The molecule has 0 saturated carbocycles. The first-order valence-electron chi connectivity index (χ1n) is 7.60. The van der Waals surface area contributed by atoms with E-state index in [1.54, 1.807) is 0 Å². The molecule has 1 N–H and O–H groups in total. The molecule has 1 aromatic carbocycles. The fourth-order valence-corrected chi connectivity index (χ4v) is 2.88. The Bertz CT molecular complexity index is 533. The summed E-state index contributed by atoms with van der Waals surface area (Å²) >= 11 is 0. The lowest BCUT2D eigenvalue weighted by Gasteiger charge is -2.27. The summed E-state index contributed by atoms with van der Waals surface area (Å²) < 4.78 is 0. The molecule has 1 atom stereocenters. The van der Waals surface area contributed by atoms with Gasteiger partial charge in [-0.15, -0.1) is 0 Å². The molecule has 0 radical (unpaired) electrons. The van der Waals surface area contributed by atoms with Gasteiger partial charge in [0.05, 0.1) is 6.42 Å². The lowest BCUT2D eigenvalue weighted by atomic mass is 9.94. The van der Waals surface area contributed by atoms with E-state index in [4.69, 9.17) is 5.11 Å². The number of carboxylic acid groups (broad SMARTS) is 1. The molecule has 0 aliphatic carbocycles. The number of nitrogens with zero attached hydrogens (tertiary/aromatic N) is 1. The zero-order valence-electron chi connectivity index (χ0n) is 12.8. The Labute approximate surface area is 125 Å². The third-order valence-electron chi connectivity index (χ3n) is 4.17. The van der Waals surface area contributed by atoms with E-state index in [0.29, 0.717) is 0 Å². The maximum Gasteiger partial charge on any atom is 0.303 e. The number of amides is 1. The highest BCUT2D eigenvalue weighted by atomic mass is 16.4. The number of carboxylic acids is 1. The minimum Gasteiger partial charge on any atom is -0.481 e. The average molecular weight is 289 g/mol. The predicted molar refractivity (Wildman–Crippen MR) is 81.6 cm³/mol. The van der Waals surface area contributed by atoms with Gasteiger partial charge in [-0.05, 0) is 49.3 Å².